The Morgan fingerprint density at radius 1 is 1.25 bits per heavy atom. The zero-order chi connectivity index (χ0) is 17.1. The quantitative estimate of drug-likeness (QED) is 0.779. The number of ether oxygens (including phenoxy) is 2. The summed E-state index contributed by atoms with van der Waals surface area (Å²) in [7, 11) is 3.20. The lowest BCUT2D eigenvalue weighted by Gasteiger charge is -2.25. The van der Waals surface area contributed by atoms with E-state index in [4.69, 9.17) is 26.1 Å². The number of piperidine rings is 1. The van der Waals surface area contributed by atoms with Crippen LogP contribution >= 0.6 is 12.2 Å². The number of hydrogen-bond acceptors (Lipinski definition) is 6. The van der Waals surface area contributed by atoms with E-state index in [0.29, 0.717) is 28.9 Å². The van der Waals surface area contributed by atoms with Crippen molar-refractivity contribution in [3.8, 4) is 23.0 Å². The Hall–Kier alpha value is -1.90. The number of methoxy groups -OCH3 is 2. The van der Waals surface area contributed by atoms with Gasteiger partial charge in [0.1, 0.15) is 11.5 Å². The van der Waals surface area contributed by atoms with Crippen molar-refractivity contribution >= 4 is 12.2 Å². The molecule has 1 aliphatic heterocycles. The SMILES string of the molecule is COc1cc(OC)cc(-c2nn(C[NH+]3CCC(O)CC3)c(=S)o2)c1. The van der Waals surface area contributed by atoms with Crippen LogP contribution < -0.4 is 14.4 Å². The Balaban J connectivity index is 1.82. The number of nitrogens with one attached hydrogen (secondary N) is 1. The lowest BCUT2D eigenvalue weighted by Crippen LogP contribution is -3.12. The molecule has 3 rings (SSSR count). The highest BCUT2D eigenvalue weighted by Crippen LogP contribution is 2.28. The van der Waals surface area contributed by atoms with E-state index in [1.807, 2.05) is 12.1 Å². The van der Waals surface area contributed by atoms with Crippen LogP contribution in [0.4, 0.5) is 0 Å². The Bertz CT molecular complexity index is 728. The predicted octanol–water partition coefficient (Wildman–Crippen LogP) is 0.887. The Morgan fingerprint density at radius 2 is 1.88 bits per heavy atom. The van der Waals surface area contributed by atoms with Crippen molar-refractivity contribution in [2.75, 3.05) is 27.3 Å². The van der Waals surface area contributed by atoms with E-state index in [-0.39, 0.29) is 6.10 Å². The summed E-state index contributed by atoms with van der Waals surface area (Å²) in [6.45, 7) is 2.44. The topological polar surface area (TPSA) is 74.1 Å². The van der Waals surface area contributed by atoms with Crippen LogP contribution in [0.15, 0.2) is 22.6 Å². The highest BCUT2D eigenvalue weighted by Gasteiger charge is 2.21. The third-order valence-corrected chi connectivity index (χ3v) is 4.53. The van der Waals surface area contributed by atoms with Gasteiger partial charge in [-0.05, 0) is 24.4 Å². The molecule has 1 aromatic heterocycles. The standard InChI is InChI=1S/C16H21N3O4S/c1-21-13-7-11(8-14(9-13)22-2)15-17-19(16(24)23-15)10-18-5-3-12(20)4-6-18/h7-9,12,20H,3-6,10H2,1-2H3/p+1. The van der Waals surface area contributed by atoms with Gasteiger partial charge in [0, 0.05) is 24.5 Å². The van der Waals surface area contributed by atoms with Crippen LogP contribution in [0.5, 0.6) is 11.5 Å². The minimum absolute atomic E-state index is 0.182. The maximum atomic E-state index is 9.60. The first kappa shape index (κ1) is 16.9. The largest absolute Gasteiger partial charge is 0.497 e. The third kappa shape index (κ3) is 3.77. The van der Waals surface area contributed by atoms with Crippen molar-refractivity contribution in [1.82, 2.24) is 9.78 Å². The average molecular weight is 352 g/mol. The first-order chi connectivity index (χ1) is 11.6. The molecule has 0 spiro atoms. The molecule has 0 unspecified atom stereocenters. The molecule has 2 heterocycles. The van der Waals surface area contributed by atoms with Gasteiger partial charge in [0.2, 0.25) is 5.89 Å². The molecule has 130 valence electrons. The Morgan fingerprint density at radius 3 is 2.46 bits per heavy atom. The van der Waals surface area contributed by atoms with Crippen molar-refractivity contribution < 1.29 is 23.9 Å². The smallest absolute Gasteiger partial charge is 0.292 e. The molecule has 0 saturated carbocycles. The zero-order valence-electron chi connectivity index (χ0n) is 13.8. The van der Waals surface area contributed by atoms with Gasteiger partial charge in [-0.3, -0.25) is 0 Å². The lowest BCUT2D eigenvalue weighted by atomic mass is 10.1. The van der Waals surface area contributed by atoms with Crippen molar-refractivity contribution in [3.63, 3.8) is 0 Å². The summed E-state index contributed by atoms with van der Waals surface area (Å²) < 4.78 is 17.9. The maximum absolute atomic E-state index is 9.60. The summed E-state index contributed by atoms with van der Waals surface area (Å²) in [4.78, 5) is 1.67. The number of quaternary nitrogens is 1. The number of hydrogen-bond donors (Lipinski definition) is 2. The molecular formula is C16H22N3O4S+. The van der Waals surface area contributed by atoms with Crippen LogP contribution in [-0.2, 0) is 6.67 Å². The van der Waals surface area contributed by atoms with Crippen LogP contribution in [0.25, 0.3) is 11.5 Å². The van der Waals surface area contributed by atoms with E-state index >= 15 is 0 Å². The first-order valence-corrected chi connectivity index (χ1v) is 8.33. The molecule has 0 atom stereocenters. The van der Waals surface area contributed by atoms with Gasteiger partial charge in [0.25, 0.3) is 4.84 Å². The number of likely N-dealkylation sites (tertiary alicyclic amines) is 1. The van der Waals surface area contributed by atoms with Gasteiger partial charge in [0.05, 0.1) is 33.4 Å². The van der Waals surface area contributed by atoms with Crippen LogP contribution in [0.3, 0.4) is 0 Å². The second-order valence-electron chi connectivity index (χ2n) is 5.91. The van der Waals surface area contributed by atoms with Crippen molar-refractivity contribution in [2.24, 2.45) is 0 Å². The molecule has 8 heteroatoms. The van der Waals surface area contributed by atoms with Gasteiger partial charge in [-0.1, -0.05) is 0 Å². The fraction of sp³-hybridized carbons (Fsp3) is 0.500. The molecule has 1 fully saturated rings. The Labute approximate surface area is 145 Å². The normalized spacial score (nSPS) is 20.8. The van der Waals surface area contributed by atoms with E-state index in [0.717, 1.165) is 31.5 Å². The lowest BCUT2D eigenvalue weighted by molar-refractivity contribution is -0.929. The fourth-order valence-corrected chi connectivity index (χ4v) is 3.02. The van der Waals surface area contributed by atoms with Gasteiger partial charge in [-0.15, -0.1) is 5.10 Å². The van der Waals surface area contributed by atoms with Gasteiger partial charge in [-0.2, -0.15) is 4.68 Å². The van der Waals surface area contributed by atoms with E-state index in [9.17, 15) is 5.11 Å². The highest BCUT2D eigenvalue weighted by molar-refractivity contribution is 7.71. The highest BCUT2D eigenvalue weighted by atomic mass is 32.1. The number of aliphatic hydroxyl groups is 1. The molecule has 24 heavy (non-hydrogen) atoms. The molecule has 2 aromatic rings. The summed E-state index contributed by atoms with van der Waals surface area (Å²) in [5.41, 5.74) is 0.750. The number of aromatic nitrogens is 2. The van der Waals surface area contributed by atoms with E-state index in [2.05, 4.69) is 5.10 Å². The van der Waals surface area contributed by atoms with Crippen molar-refractivity contribution in [3.05, 3.63) is 23.0 Å². The van der Waals surface area contributed by atoms with Crippen LogP contribution in [-0.4, -0.2) is 48.3 Å². The van der Waals surface area contributed by atoms with Crippen LogP contribution in [0.2, 0.25) is 0 Å². The van der Waals surface area contributed by atoms with Gasteiger partial charge in [0.15, 0.2) is 6.67 Å². The van der Waals surface area contributed by atoms with E-state index < -0.39 is 0 Å². The minimum Gasteiger partial charge on any atom is -0.497 e. The minimum atomic E-state index is -0.182. The van der Waals surface area contributed by atoms with Crippen LogP contribution in [0, 0.1) is 4.84 Å². The monoisotopic (exact) mass is 352 g/mol. The molecule has 0 radical (unpaired) electrons. The molecule has 0 aliphatic carbocycles. The molecule has 1 saturated heterocycles. The molecule has 1 aliphatic rings. The second-order valence-corrected chi connectivity index (χ2v) is 6.26. The summed E-state index contributed by atoms with van der Waals surface area (Å²) in [5, 5.41) is 14.1. The van der Waals surface area contributed by atoms with E-state index in [1.165, 1.54) is 4.90 Å². The predicted molar refractivity (Wildman–Crippen MR) is 89.8 cm³/mol. The van der Waals surface area contributed by atoms with Gasteiger partial charge >= 0.3 is 0 Å². The number of nitrogens with zero attached hydrogens (tertiary/aromatic N) is 2. The molecule has 2 N–H and O–H groups in total. The molecule has 0 amide bonds. The summed E-state index contributed by atoms with van der Waals surface area (Å²) in [6, 6.07) is 5.45. The second kappa shape index (κ2) is 7.33. The van der Waals surface area contributed by atoms with Crippen molar-refractivity contribution in [1.29, 1.82) is 0 Å². The van der Waals surface area contributed by atoms with Gasteiger partial charge < -0.3 is 23.9 Å². The number of benzene rings is 1. The molecule has 7 nitrogen and oxygen atoms in total. The summed E-state index contributed by atoms with van der Waals surface area (Å²) in [6.07, 6.45) is 1.43. The van der Waals surface area contributed by atoms with Crippen molar-refractivity contribution in [2.45, 2.75) is 25.6 Å². The third-order valence-electron chi connectivity index (χ3n) is 4.24. The molecule has 1 aromatic carbocycles. The van der Waals surface area contributed by atoms with E-state index in [1.54, 1.807) is 25.0 Å². The molecule has 0 bridgehead atoms. The maximum Gasteiger partial charge on any atom is 0.292 e. The Kier molecular flexibility index (Phi) is 5.17. The van der Waals surface area contributed by atoms with Gasteiger partial charge in [-0.25, -0.2) is 0 Å². The fourth-order valence-electron chi connectivity index (χ4n) is 2.83. The number of rotatable bonds is 5. The van der Waals surface area contributed by atoms with Crippen LogP contribution in [0.1, 0.15) is 12.8 Å². The summed E-state index contributed by atoms with van der Waals surface area (Å²) in [5.74, 6) is 1.76. The number of aliphatic hydroxyl groups excluding tert-OH is 1. The molecular weight excluding hydrogens is 330 g/mol. The zero-order valence-corrected chi connectivity index (χ0v) is 14.6. The first-order valence-electron chi connectivity index (χ1n) is 7.92. The summed E-state index contributed by atoms with van der Waals surface area (Å²) >= 11 is 5.30. The average Bonchev–Trinajstić information content (AvgIpc) is 2.97.